The van der Waals surface area contributed by atoms with Gasteiger partial charge in [-0.2, -0.15) is 0 Å². The maximum absolute atomic E-state index is 3.56. The normalized spacial score (nSPS) is 21.8. The zero-order valence-electron chi connectivity index (χ0n) is 10.8. The van der Waals surface area contributed by atoms with Crippen molar-refractivity contribution in [3.8, 4) is 0 Å². The van der Waals surface area contributed by atoms with Gasteiger partial charge in [-0.15, -0.1) is 0 Å². The monoisotopic (exact) mass is 212 g/mol. The van der Waals surface area contributed by atoms with Crippen molar-refractivity contribution in [3.05, 3.63) is 0 Å². The van der Waals surface area contributed by atoms with E-state index in [1.165, 1.54) is 45.3 Å². The summed E-state index contributed by atoms with van der Waals surface area (Å²) >= 11 is 0. The summed E-state index contributed by atoms with van der Waals surface area (Å²) in [6, 6.07) is 0.785. The SMILES string of the molecule is CCCC(C)CN1CCC(NCC)CC1. The van der Waals surface area contributed by atoms with Gasteiger partial charge in [-0.05, 0) is 44.8 Å². The maximum Gasteiger partial charge on any atom is 0.00912 e. The minimum atomic E-state index is 0.785. The van der Waals surface area contributed by atoms with Crippen LogP contribution in [0.1, 0.15) is 46.5 Å². The molecule has 15 heavy (non-hydrogen) atoms. The van der Waals surface area contributed by atoms with Gasteiger partial charge in [0.25, 0.3) is 0 Å². The molecule has 2 heteroatoms. The van der Waals surface area contributed by atoms with E-state index in [1.807, 2.05) is 0 Å². The van der Waals surface area contributed by atoms with Crippen LogP contribution in [-0.2, 0) is 0 Å². The molecule has 0 bridgehead atoms. The Hall–Kier alpha value is -0.0800. The molecule has 1 unspecified atom stereocenters. The fourth-order valence-electron chi connectivity index (χ4n) is 2.63. The number of hydrogen-bond acceptors (Lipinski definition) is 2. The maximum atomic E-state index is 3.56. The first-order valence-electron chi connectivity index (χ1n) is 6.72. The molecule has 0 radical (unpaired) electrons. The van der Waals surface area contributed by atoms with Gasteiger partial charge in [0.2, 0.25) is 0 Å². The molecule has 0 aromatic rings. The molecule has 0 aromatic heterocycles. The van der Waals surface area contributed by atoms with Crippen LogP contribution < -0.4 is 5.32 Å². The van der Waals surface area contributed by atoms with E-state index in [2.05, 4.69) is 31.0 Å². The van der Waals surface area contributed by atoms with Crippen LogP contribution >= 0.6 is 0 Å². The van der Waals surface area contributed by atoms with Gasteiger partial charge in [-0.1, -0.05) is 27.2 Å². The van der Waals surface area contributed by atoms with Gasteiger partial charge in [0.15, 0.2) is 0 Å². The molecule has 1 saturated heterocycles. The van der Waals surface area contributed by atoms with Crippen LogP contribution in [0.25, 0.3) is 0 Å². The van der Waals surface area contributed by atoms with Crippen molar-refractivity contribution >= 4 is 0 Å². The smallest absolute Gasteiger partial charge is 0.00912 e. The van der Waals surface area contributed by atoms with E-state index in [9.17, 15) is 0 Å². The van der Waals surface area contributed by atoms with Gasteiger partial charge >= 0.3 is 0 Å². The Kier molecular flexibility index (Phi) is 6.26. The van der Waals surface area contributed by atoms with E-state index >= 15 is 0 Å². The second-order valence-electron chi connectivity index (χ2n) is 5.03. The Morgan fingerprint density at radius 3 is 2.47 bits per heavy atom. The first-order valence-corrected chi connectivity index (χ1v) is 6.72. The summed E-state index contributed by atoms with van der Waals surface area (Å²) < 4.78 is 0. The summed E-state index contributed by atoms with van der Waals surface area (Å²) in [6.45, 7) is 11.9. The second kappa shape index (κ2) is 7.24. The van der Waals surface area contributed by atoms with Gasteiger partial charge in [0.1, 0.15) is 0 Å². The molecule has 1 N–H and O–H groups in total. The number of likely N-dealkylation sites (tertiary alicyclic amines) is 1. The van der Waals surface area contributed by atoms with Crippen LogP contribution in [0.5, 0.6) is 0 Å². The third-order valence-electron chi connectivity index (χ3n) is 3.43. The third kappa shape index (κ3) is 4.98. The summed E-state index contributed by atoms with van der Waals surface area (Å²) in [6.07, 6.45) is 5.39. The average molecular weight is 212 g/mol. The van der Waals surface area contributed by atoms with Crippen LogP contribution in [0.2, 0.25) is 0 Å². The van der Waals surface area contributed by atoms with E-state index in [1.54, 1.807) is 0 Å². The first-order chi connectivity index (χ1) is 7.26. The van der Waals surface area contributed by atoms with Crippen molar-refractivity contribution in [2.45, 2.75) is 52.5 Å². The van der Waals surface area contributed by atoms with Crippen LogP contribution in [0, 0.1) is 5.92 Å². The molecule has 1 rings (SSSR count). The van der Waals surface area contributed by atoms with Crippen LogP contribution in [0.3, 0.4) is 0 Å². The number of piperidine rings is 1. The van der Waals surface area contributed by atoms with Crippen molar-refractivity contribution in [3.63, 3.8) is 0 Å². The Bertz CT molecular complexity index is 151. The molecule has 1 atom stereocenters. The fourth-order valence-corrected chi connectivity index (χ4v) is 2.63. The third-order valence-corrected chi connectivity index (χ3v) is 3.43. The molecule has 1 aliphatic heterocycles. The average Bonchev–Trinajstić information content (AvgIpc) is 2.22. The standard InChI is InChI=1S/C13H28N2/c1-4-6-12(3)11-15-9-7-13(8-10-15)14-5-2/h12-14H,4-11H2,1-3H3. The van der Waals surface area contributed by atoms with Crippen molar-refractivity contribution in [2.75, 3.05) is 26.2 Å². The molecule has 1 heterocycles. The van der Waals surface area contributed by atoms with Gasteiger partial charge < -0.3 is 10.2 Å². The number of nitrogens with zero attached hydrogens (tertiary/aromatic N) is 1. The molecule has 0 aliphatic carbocycles. The molecule has 0 spiro atoms. The highest BCUT2D eigenvalue weighted by Gasteiger charge is 2.19. The lowest BCUT2D eigenvalue weighted by Gasteiger charge is -2.33. The zero-order valence-corrected chi connectivity index (χ0v) is 10.8. The highest BCUT2D eigenvalue weighted by atomic mass is 15.1. The predicted octanol–water partition coefficient (Wildman–Crippen LogP) is 2.50. The quantitative estimate of drug-likeness (QED) is 0.728. The first kappa shape index (κ1) is 13.0. The summed E-state index contributed by atoms with van der Waals surface area (Å²) in [4.78, 5) is 2.65. The van der Waals surface area contributed by atoms with Crippen molar-refractivity contribution in [2.24, 2.45) is 5.92 Å². The Balaban J connectivity index is 2.14. The number of rotatable bonds is 6. The predicted molar refractivity (Wildman–Crippen MR) is 67.2 cm³/mol. The van der Waals surface area contributed by atoms with E-state index in [4.69, 9.17) is 0 Å². The fraction of sp³-hybridized carbons (Fsp3) is 1.00. The molecule has 1 aliphatic rings. The minimum Gasteiger partial charge on any atom is -0.314 e. The molecule has 0 saturated carbocycles. The van der Waals surface area contributed by atoms with Gasteiger partial charge in [0.05, 0.1) is 0 Å². The molecule has 0 amide bonds. The molecule has 0 aromatic carbocycles. The van der Waals surface area contributed by atoms with Crippen molar-refractivity contribution in [1.82, 2.24) is 10.2 Å². The second-order valence-corrected chi connectivity index (χ2v) is 5.03. The summed E-state index contributed by atoms with van der Waals surface area (Å²) in [7, 11) is 0. The molecular weight excluding hydrogens is 184 g/mol. The van der Waals surface area contributed by atoms with Crippen LogP contribution in [0.4, 0.5) is 0 Å². The van der Waals surface area contributed by atoms with Crippen molar-refractivity contribution in [1.29, 1.82) is 0 Å². The van der Waals surface area contributed by atoms with Crippen LogP contribution in [-0.4, -0.2) is 37.1 Å². The highest BCUT2D eigenvalue weighted by Crippen LogP contribution is 2.14. The topological polar surface area (TPSA) is 15.3 Å². The summed E-state index contributed by atoms with van der Waals surface area (Å²) in [5, 5.41) is 3.56. The van der Waals surface area contributed by atoms with Crippen molar-refractivity contribution < 1.29 is 0 Å². The summed E-state index contributed by atoms with van der Waals surface area (Å²) in [5.74, 6) is 0.880. The molecular formula is C13H28N2. The zero-order chi connectivity index (χ0) is 11.1. The minimum absolute atomic E-state index is 0.785. The summed E-state index contributed by atoms with van der Waals surface area (Å²) in [5.41, 5.74) is 0. The lowest BCUT2D eigenvalue weighted by Crippen LogP contribution is -2.43. The van der Waals surface area contributed by atoms with Crippen LogP contribution in [0.15, 0.2) is 0 Å². The Morgan fingerprint density at radius 2 is 1.93 bits per heavy atom. The van der Waals surface area contributed by atoms with E-state index in [-0.39, 0.29) is 0 Å². The van der Waals surface area contributed by atoms with Gasteiger partial charge in [-0.25, -0.2) is 0 Å². The molecule has 90 valence electrons. The molecule has 1 fully saturated rings. The number of hydrogen-bond donors (Lipinski definition) is 1. The van der Waals surface area contributed by atoms with E-state index < -0.39 is 0 Å². The number of nitrogens with one attached hydrogen (secondary N) is 1. The Labute approximate surface area is 95.4 Å². The van der Waals surface area contributed by atoms with Gasteiger partial charge in [-0.3, -0.25) is 0 Å². The van der Waals surface area contributed by atoms with E-state index in [0.717, 1.165) is 18.5 Å². The highest BCUT2D eigenvalue weighted by molar-refractivity contribution is 4.77. The lowest BCUT2D eigenvalue weighted by atomic mass is 10.0. The van der Waals surface area contributed by atoms with E-state index in [0.29, 0.717) is 0 Å². The lowest BCUT2D eigenvalue weighted by molar-refractivity contribution is 0.173. The Morgan fingerprint density at radius 1 is 1.27 bits per heavy atom. The largest absolute Gasteiger partial charge is 0.314 e. The van der Waals surface area contributed by atoms with Gasteiger partial charge in [0, 0.05) is 12.6 Å². The molecule has 2 nitrogen and oxygen atoms in total.